The summed E-state index contributed by atoms with van der Waals surface area (Å²) in [7, 11) is -2.56. The number of nitrogens with one attached hydrogen (secondary N) is 1. The molecule has 0 unspecified atom stereocenters. The highest BCUT2D eigenvalue weighted by molar-refractivity contribution is 9.10. The fraction of sp³-hybridized carbons (Fsp3) is 0.125. The first-order valence-electron chi connectivity index (χ1n) is 4.71. The molecule has 2 heterocycles. The fourth-order valence-corrected chi connectivity index (χ4v) is 4.28. The maximum absolute atomic E-state index is 12.1. The summed E-state index contributed by atoms with van der Waals surface area (Å²) in [6.07, 6.45) is 0. The molecule has 11 heteroatoms. The lowest BCUT2D eigenvalue weighted by Crippen LogP contribution is -2.18. The maximum atomic E-state index is 12.1. The number of sulfonamides is 1. The van der Waals surface area contributed by atoms with Crippen LogP contribution in [0.5, 0.6) is 0 Å². The van der Waals surface area contributed by atoms with Crippen LogP contribution < -0.4 is 4.72 Å². The first kappa shape index (κ1) is 14.0. The highest BCUT2D eigenvalue weighted by Crippen LogP contribution is 2.26. The minimum atomic E-state index is -3.97. The minimum absolute atomic E-state index is 0.00519. The number of aromatic carboxylic acids is 1. The molecule has 19 heavy (non-hydrogen) atoms. The molecule has 0 saturated carbocycles. The molecule has 0 saturated heterocycles. The van der Waals surface area contributed by atoms with Crippen molar-refractivity contribution in [1.29, 1.82) is 0 Å². The van der Waals surface area contributed by atoms with Gasteiger partial charge in [-0.05, 0) is 27.4 Å². The number of nitrogens with zero attached hydrogens (tertiary/aromatic N) is 3. The van der Waals surface area contributed by atoms with Gasteiger partial charge in [-0.25, -0.2) is 9.48 Å². The first-order valence-corrected chi connectivity index (χ1v) is 7.87. The second kappa shape index (κ2) is 4.90. The SMILES string of the molecule is Cn1nnc(Br)c1S(=O)(=O)Nc1ccsc1C(=O)O. The Hall–Kier alpha value is -1.46. The molecule has 0 aromatic carbocycles. The molecule has 0 radical (unpaired) electrons. The lowest BCUT2D eigenvalue weighted by molar-refractivity contribution is 0.0703. The van der Waals surface area contributed by atoms with Crippen molar-refractivity contribution in [2.24, 2.45) is 7.05 Å². The summed E-state index contributed by atoms with van der Waals surface area (Å²) in [6.45, 7) is 0. The summed E-state index contributed by atoms with van der Waals surface area (Å²) in [5.74, 6) is -1.20. The van der Waals surface area contributed by atoms with E-state index in [2.05, 4.69) is 31.0 Å². The van der Waals surface area contributed by atoms with E-state index in [4.69, 9.17) is 5.11 Å². The average molecular weight is 367 g/mol. The molecule has 0 fully saturated rings. The van der Waals surface area contributed by atoms with Gasteiger partial charge in [0.15, 0.2) is 4.60 Å². The lowest BCUT2D eigenvalue weighted by Gasteiger charge is -2.07. The summed E-state index contributed by atoms with van der Waals surface area (Å²) in [6, 6.07) is 1.38. The van der Waals surface area contributed by atoms with Crippen molar-refractivity contribution >= 4 is 48.9 Å². The van der Waals surface area contributed by atoms with E-state index in [-0.39, 0.29) is 20.2 Å². The molecule has 2 N–H and O–H groups in total. The number of rotatable bonds is 4. The van der Waals surface area contributed by atoms with Crippen molar-refractivity contribution in [3.63, 3.8) is 0 Å². The molecular weight excluding hydrogens is 360 g/mol. The number of aryl methyl sites for hydroxylation is 1. The van der Waals surface area contributed by atoms with Gasteiger partial charge in [0, 0.05) is 7.05 Å². The van der Waals surface area contributed by atoms with Crippen molar-refractivity contribution in [2.75, 3.05) is 4.72 Å². The standard InChI is InChI=1S/C8H7BrN4O4S2/c1-13-7(6(9)10-12-13)19(16,17)11-4-2-3-18-5(4)8(14)15/h2-3,11H,1H3,(H,14,15). The van der Waals surface area contributed by atoms with Crippen LogP contribution >= 0.6 is 27.3 Å². The summed E-state index contributed by atoms with van der Waals surface area (Å²) < 4.78 is 27.6. The topological polar surface area (TPSA) is 114 Å². The van der Waals surface area contributed by atoms with Gasteiger partial charge in [0.05, 0.1) is 5.69 Å². The quantitative estimate of drug-likeness (QED) is 0.838. The Morgan fingerprint density at radius 3 is 2.79 bits per heavy atom. The molecular formula is C8H7BrN4O4S2. The van der Waals surface area contributed by atoms with E-state index < -0.39 is 16.0 Å². The summed E-state index contributed by atoms with van der Waals surface area (Å²) in [5, 5.41) is 17.3. The summed E-state index contributed by atoms with van der Waals surface area (Å²) >= 11 is 3.90. The zero-order valence-electron chi connectivity index (χ0n) is 9.36. The van der Waals surface area contributed by atoms with Gasteiger partial charge in [-0.2, -0.15) is 8.42 Å². The summed E-state index contributed by atoms with van der Waals surface area (Å²) in [4.78, 5) is 10.8. The number of aromatic nitrogens is 3. The van der Waals surface area contributed by atoms with Gasteiger partial charge >= 0.3 is 5.97 Å². The van der Waals surface area contributed by atoms with Crippen LogP contribution in [0.2, 0.25) is 0 Å². The molecule has 8 nitrogen and oxygen atoms in total. The van der Waals surface area contributed by atoms with Gasteiger partial charge in [0.2, 0.25) is 5.03 Å². The third-order valence-corrected chi connectivity index (χ3v) is 5.25. The largest absolute Gasteiger partial charge is 0.477 e. The Kier molecular flexibility index (Phi) is 3.60. The summed E-state index contributed by atoms with van der Waals surface area (Å²) in [5.41, 5.74) is 0.00519. The van der Waals surface area contributed by atoms with Crippen LogP contribution in [0.1, 0.15) is 9.67 Å². The highest BCUT2D eigenvalue weighted by atomic mass is 79.9. The van der Waals surface area contributed by atoms with Crippen molar-refractivity contribution in [2.45, 2.75) is 5.03 Å². The van der Waals surface area contributed by atoms with Crippen LogP contribution in [0.3, 0.4) is 0 Å². The van der Waals surface area contributed by atoms with E-state index in [1.807, 2.05) is 0 Å². The number of hydrogen-bond donors (Lipinski definition) is 2. The van der Waals surface area contributed by atoms with Gasteiger partial charge < -0.3 is 5.11 Å². The zero-order valence-corrected chi connectivity index (χ0v) is 12.6. The molecule has 0 bridgehead atoms. The molecule has 0 aliphatic rings. The Morgan fingerprint density at radius 2 is 2.26 bits per heavy atom. The molecule has 0 aliphatic heterocycles. The van der Waals surface area contributed by atoms with Crippen molar-refractivity contribution < 1.29 is 18.3 Å². The average Bonchev–Trinajstić information content (AvgIpc) is 2.85. The molecule has 0 atom stereocenters. The van der Waals surface area contributed by atoms with Gasteiger partial charge in [0.1, 0.15) is 4.88 Å². The number of anilines is 1. The molecule has 0 aliphatic carbocycles. The molecule has 2 aromatic heterocycles. The normalized spacial score (nSPS) is 11.5. The van der Waals surface area contributed by atoms with Crippen LogP contribution in [0.15, 0.2) is 21.1 Å². The number of carboxylic acid groups (broad SMARTS) is 1. The number of halogens is 1. The van der Waals surface area contributed by atoms with Crippen molar-refractivity contribution in [1.82, 2.24) is 15.0 Å². The van der Waals surface area contributed by atoms with E-state index >= 15 is 0 Å². The highest BCUT2D eigenvalue weighted by Gasteiger charge is 2.26. The predicted molar refractivity (Wildman–Crippen MR) is 70.8 cm³/mol. The lowest BCUT2D eigenvalue weighted by atomic mass is 10.4. The van der Waals surface area contributed by atoms with E-state index in [0.717, 1.165) is 16.0 Å². The van der Waals surface area contributed by atoms with E-state index in [0.29, 0.717) is 0 Å². The van der Waals surface area contributed by atoms with E-state index in [1.54, 1.807) is 0 Å². The van der Waals surface area contributed by atoms with E-state index in [9.17, 15) is 13.2 Å². The zero-order chi connectivity index (χ0) is 14.2. The van der Waals surface area contributed by atoms with Crippen LogP contribution in [0.4, 0.5) is 5.69 Å². The fourth-order valence-electron chi connectivity index (χ4n) is 1.36. The Bertz CT molecular complexity index is 716. The first-order chi connectivity index (χ1) is 8.83. The molecule has 2 rings (SSSR count). The smallest absolute Gasteiger partial charge is 0.348 e. The number of hydrogen-bond acceptors (Lipinski definition) is 6. The van der Waals surface area contributed by atoms with Crippen LogP contribution in [0.25, 0.3) is 0 Å². The molecule has 102 valence electrons. The Balaban J connectivity index is 2.43. The van der Waals surface area contributed by atoms with Crippen LogP contribution in [-0.2, 0) is 17.1 Å². The van der Waals surface area contributed by atoms with Gasteiger partial charge in [-0.3, -0.25) is 4.72 Å². The number of carbonyl (C=O) groups is 1. The van der Waals surface area contributed by atoms with Gasteiger partial charge in [-0.15, -0.1) is 16.4 Å². The van der Waals surface area contributed by atoms with Gasteiger partial charge in [-0.1, -0.05) is 5.21 Å². The van der Waals surface area contributed by atoms with Crippen molar-refractivity contribution in [3.8, 4) is 0 Å². The van der Waals surface area contributed by atoms with Crippen LogP contribution in [-0.4, -0.2) is 34.5 Å². The molecule has 0 spiro atoms. The predicted octanol–water partition coefficient (Wildman–Crippen LogP) is 1.14. The number of thiophene rings is 1. The molecule has 2 aromatic rings. The third kappa shape index (κ3) is 2.62. The number of carboxylic acids is 1. The third-order valence-electron chi connectivity index (χ3n) is 2.10. The Morgan fingerprint density at radius 1 is 1.58 bits per heavy atom. The van der Waals surface area contributed by atoms with Crippen molar-refractivity contribution in [3.05, 3.63) is 20.9 Å². The maximum Gasteiger partial charge on any atom is 0.348 e. The minimum Gasteiger partial charge on any atom is -0.477 e. The van der Waals surface area contributed by atoms with Crippen LogP contribution in [0, 0.1) is 0 Å². The monoisotopic (exact) mass is 366 g/mol. The molecule has 0 amide bonds. The second-order valence-electron chi connectivity index (χ2n) is 3.38. The second-order valence-corrected chi connectivity index (χ2v) is 6.65. The van der Waals surface area contributed by atoms with E-state index in [1.165, 1.54) is 18.5 Å². The Labute approximate surface area is 120 Å². The van der Waals surface area contributed by atoms with Gasteiger partial charge in [0.25, 0.3) is 10.0 Å².